The highest BCUT2D eigenvalue weighted by Crippen LogP contribution is 2.08. The predicted octanol–water partition coefficient (Wildman–Crippen LogP) is 0.526. The number of hydrogen-bond donors (Lipinski definition) is 1. The van der Waals surface area contributed by atoms with E-state index in [0.717, 1.165) is 39.1 Å². The fraction of sp³-hybridized carbons (Fsp3) is 0.917. The lowest BCUT2D eigenvalue weighted by molar-refractivity contribution is -0.133. The van der Waals surface area contributed by atoms with Crippen molar-refractivity contribution in [1.29, 1.82) is 0 Å². The first kappa shape index (κ1) is 13.5. The van der Waals surface area contributed by atoms with E-state index in [1.54, 1.807) is 0 Å². The van der Waals surface area contributed by atoms with Crippen molar-refractivity contribution >= 4 is 5.91 Å². The highest BCUT2D eigenvalue weighted by atomic mass is 16.2. The molecular formula is C12H25N3O. The Morgan fingerprint density at radius 3 is 2.44 bits per heavy atom. The maximum atomic E-state index is 11.9. The number of rotatable bonds is 5. The number of piperazine rings is 1. The van der Waals surface area contributed by atoms with E-state index in [0.29, 0.717) is 24.8 Å². The Morgan fingerprint density at radius 2 is 1.94 bits per heavy atom. The van der Waals surface area contributed by atoms with Crippen molar-refractivity contribution in [3.05, 3.63) is 0 Å². The molecule has 0 aliphatic carbocycles. The van der Waals surface area contributed by atoms with Crippen LogP contribution >= 0.6 is 0 Å². The zero-order valence-corrected chi connectivity index (χ0v) is 10.6. The van der Waals surface area contributed by atoms with Crippen molar-refractivity contribution in [2.45, 2.75) is 26.7 Å². The molecule has 0 spiro atoms. The maximum absolute atomic E-state index is 11.9. The molecule has 1 rings (SSSR count). The lowest BCUT2D eigenvalue weighted by Crippen LogP contribution is -2.48. The first-order valence-electron chi connectivity index (χ1n) is 6.37. The zero-order chi connectivity index (χ0) is 12.0. The van der Waals surface area contributed by atoms with Gasteiger partial charge in [-0.15, -0.1) is 0 Å². The molecular weight excluding hydrogens is 202 g/mol. The van der Waals surface area contributed by atoms with Gasteiger partial charge in [-0.25, -0.2) is 0 Å². The number of carbonyl (C=O) groups is 1. The standard InChI is InChI=1S/C12H25N3O/c1-3-14-6-8-15(9-7-14)12(16)5-4-11(2)10-13/h11H,3-10,13H2,1-2H3. The first-order chi connectivity index (χ1) is 7.67. The second kappa shape index (κ2) is 6.86. The molecule has 2 N–H and O–H groups in total. The Hall–Kier alpha value is -0.610. The normalized spacial score (nSPS) is 19.8. The van der Waals surface area contributed by atoms with Crippen molar-refractivity contribution in [2.24, 2.45) is 11.7 Å². The quantitative estimate of drug-likeness (QED) is 0.745. The summed E-state index contributed by atoms with van der Waals surface area (Å²) in [7, 11) is 0. The van der Waals surface area contributed by atoms with Crippen LogP contribution in [0.1, 0.15) is 26.7 Å². The second-order valence-corrected chi connectivity index (χ2v) is 4.69. The van der Waals surface area contributed by atoms with Gasteiger partial charge in [-0.3, -0.25) is 4.79 Å². The van der Waals surface area contributed by atoms with E-state index in [2.05, 4.69) is 18.7 Å². The molecule has 1 amide bonds. The second-order valence-electron chi connectivity index (χ2n) is 4.69. The van der Waals surface area contributed by atoms with E-state index in [1.807, 2.05) is 4.90 Å². The third kappa shape index (κ3) is 4.10. The molecule has 16 heavy (non-hydrogen) atoms. The summed E-state index contributed by atoms with van der Waals surface area (Å²) < 4.78 is 0. The summed E-state index contributed by atoms with van der Waals surface area (Å²) in [6.07, 6.45) is 1.58. The van der Waals surface area contributed by atoms with Gasteiger partial charge in [0.25, 0.3) is 0 Å². The largest absolute Gasteiger partial charge is 0.340 e. The van der Waals surface area contributed by atoms with Crippen molar-refractivity contribution in [1.82, 2.24) is 9.80 Å². The van der Waals surface area contributed by atoms with Crippen LogP contribution in [-0.2, 0) is 4.79 Å². The number of nitrogens with two attached hydrogens (primary N) is 1. The molecule has 94 valence electrons. The van der Waals surface area contributed by atoms with Crippen LogP contribution in [0.3, 0.4) is 0 Å². The Kier molecular flexibility index (Phi) is 5.77. The molecule has 1 aliphatic heterocycles. The fourth-order valence-corrected chi connectivity index (χ4v) is 1.96. The first-order valence-corrected chi connectivity index (χ1v) is 6.37. The molecule has 0 aromatic heterocycles. The van der Waals surface area contributed by atoms with Crippen LogP contribution in [0, 0.1) is 5.92 Å². The molecule has 0 aromatic carbocycles. The summed E-state index contributed by atoms with van der Waals surface area (Å²) in [5.74, 6) is 0.761. The summed E-state index contributed by atoms with van der Waals surface area (Å²) in [4.78, 5) is 16.3. The Bertz CT molecular complexity index is 212. The van der Waals surface area contributed by atoms with Gasteiger partial charge in [0.2, 0.25) is 5.91 Å². The molecule has 1 heterocycles. The summed E-state index contributed by atoms with van der Waals surface area (Å²) in [6.45, 7) is 9.86. The number of carbonyl (C=O) groups excluding carboxylic acids is 1. The third-order valence-electron chi connectivity index (χ3n) is 3.43. The third-order valence-corrected chi connectivity index (χ3v) is 3.43. The van der Waals surface area contributed by atoms with Gasteiger partial charge < -0.3 is 15.5 Å². The lowest BCUT2D eigenvalue weighted by Gasteiger charge is -2.34. The average molecular weight is 227 g/mol. The SMILES string of the molecule is CCN1CCN(C(=O)CCC(C)CN)CC1. The van der Waals surface area contributed by atoms with E-state index >= 15 is 0 Å². The Morgan fingerprint density at radius 1 is 1.31 bits per heavy atom. The molecule has 1 fully saturated rings. The molecule has 1 saturated heterocycles. The van der Waals surface area contributed by atoms with Crippen molar-refractivity contribution < 1.29 is 4.79 Å². The smallest absolute Gasteiger partial charge is 0.222 e. The van der Waals surface area contributed by atoms with Crippen LogP contribution in [-0.4, -0.2) is 55.0 Å². The number of nitrogens with zero attached hydrogens (tertiary/aromatic N) is 2. The van der Waals surface area contributed by atoms with Crippen molar-refractivity contribution in [3.8, 4) is 0 Å². The van der Waals surface area contributed by atoms with E-state index in [1.165, 1.54) is 0 Å². The van der Waals surface area contributed by atoms with E-state index in [-0.39, 0.29) is 0 Å². The highest BCUT2D eigenvalue weighted by molar-refractivity contribution is 5.76. The van der Waals surface area contributed by atoms with Gasteiger partial charge in [-0.1, -0.05) is 13.8 Å². The van der Waals surface area contributed by atoms with Crippen LogP contribution in [0.25, 0.3) is 0 Å². The fourth-order valence-electron chi connectivity index (χ4n) is 1.96. The van der Waals surface area contributed by atoms with Crippen molar-refractivity contribution in [2.75, 3.05) is 39.3 Å². The van der Waals surface area contributed by atoms with Crippen LogP contribution < -0.4 is 5.73 Å². The summed E-state index contributed by atoms with van der Waals surface area (Å²) in [6, 6.07) is 0. The van der Waals surface area contributed by atoms with Gasteiger partial charge >= 0.3 is 0 Å². The molecule has 4 nitrogen and oxygen atoms in total. The van der Waals surface area contributed by atoms with Gasteiger partial charge in [0.05, 0.1) is 0 Å². The molecule has 0 saturated carbocycles. The molecule has 1 atom stereocenters. The zero-order valence-electron chi connectivity index (χ0n) is 10.6. The molecule has 4 heteroatoms. The Balaban J connectivity index is 2.22. The monoisotopic (exact) mass is 227 g/mol. The van der Waals surface area contributed by atoms with Crippen LogP contribution in [0.2, 0.25) is 0 Å². The van der Waals surface area contributed by atoms with Gasteiger partial charge in [0.1, 0.15) is 0 Å². The average Bonchev–Trinajstić information content (AvgIpc) is 2.35. The topological polar surface area (TPSA) is 49.6 Å². The summed E-state index contributed by atoms with van der Waals surface area (Å²) in [5.41, 5.74) is 5.54. The number of hydrogen-bond acceptors (Lipinski definition) is 3. The van der Waals surface area contributed by atoms with Crippen molar-refractivity contribution in [3.63, 3.8) is 0 Å². The minimum Gasteiger partial charge on any atom is -0.340 e. The molecule has 1 unspecified atom stereocenters. The van der Waals surface area contributed by atoms with Gasteiger partial charge in [0, 0.05) is 32.6 Å². The minimum atomic E-state index is 0.302. The lowest BCUT2D eigenvalue weighted by atomic mass is 10.1. The molecule has 0 bridgehead atoms. The van der Waals surface area contributed by atoms with E-state index in [9.17, 15) is 4.79 Å². The van der Waals surface area contributed by atoms with Crippen LogP contribution in [0.4, 0.5) is 0 Å². The summed E-state index contributed by atoms with van der Waals surface area (Å²) >= 11 is 0. The van der Waals surface area contributed by atoms with E-state index < -0.39 is 0 Å². The highest BCUT2D eigenvalue weighted by Gasteiger charge is 2.19. The van der Waals surface area contributed by atoms with Gasteiger partial charge in [-0.05, 0) is 25.4 Å². The number of likely N-dealkylation sites (N-methyl/N-ethyl adjacent to an activating group) is 1. The van der Waals surface area contributed by atoms with Gasteiger partial charge in [0.15, 0.2) is 0 Å². The van der Waals surface area contributed by atoms with E-state index in [4.69, 9.17) is 5.73 Å². The molecule has 0 aromatic rings. The van der Waals surface area contributed by atoms with Crippen LogP contribution in [0.15, 0.2) is 0 Å². The maximum Gasteiger partial charge on any atom is 0.222 e. The summed E-state index contributed by atoms with van der Waals surface area (Å²) in [5, 5.41) is 0. The predicted molar refractivity (Wildman–Crippen MR) is 66.1 cm³/mol. The number of amides is 1. The molecule has 0 radical (unpaired) electrons. The molecule has 1 aliphatic rings. The van der Waals surface area contributed by atoms with Crippen LogP contribution in [0.5, 0.6) is 0 Å². The van der Waals surface area contributed by atoms with Gasteiger partial charge in [-0.2, -0.15) is 0 Å². The Labute approximate surface area is 98.8 Å². The minimum absolute atomic E-state index is 0.302.